The molecule has 0 aliphatic rings. The van der Waals surface area contributed by atoms with E-state index in [1.54, 1.807) is 0 Å². The minimum Gasteiger partial charge on any atom is -0.305 e. The summed E-state index contributed by atoms with van der Waals surface area (Å²) in [4.78, 5) is 5.47. The highest BCUT2D eigenvalue weighted by Crippen LogP contribution is 2.09. The molecule has 5 nitrogen and oxygen atoms in total. The summed E-state index contributed by atoms with van der Waals surface area (Å²) in [5.41, 5.74) is 0. The van der Waals surface area contributed by atoms with Crippen LogP contribution in [0.15, 0.2) is 23.4 Å². The van der Waals surface area contributed by atoms with Gasteiger partial charge in [-0.05, 0) is 25.7 Å². The molecule has 0 bridgehead atoms. The Labute approximate surface area is 101 Å². The highest BCUT2D eigenvalue weighted by Gasteiger charge is 2.19. The van der Waals surface area contributed by atoms with Gasteiger partial charge in [-0.15, -0.1) is 0 Å². The van der Waals surface area contributed by atoms with Crippen molar-refractivity contribution in [3.05, 3.63) is 24.1 Å². The molecule has 0 amide bonds. The maximum absolute atomic E-state index is 13.2. The van der Waals surface area contributed by atoms with Gasteiger partial charge >= 0.3 is 0 Å². The zero-order valence-electron chi connectivity index (χ0n) is 9.85. The fourth-order valence-electron chi connectivity index (χ4n) is 1.17. The van der Waals surface area contributed by atoms with E-state index >= 15 is 0 Å². The molecule has 0 aliphatic heterocycles. The smallest absolute Gasteiger partial charge is 0.261 e. The standard InChI is InChI=1S/C10H16FN3O2S/c1-3-14(2)8-7-13-17(15,16)10-9(11)5-4-6-12-10/h4-6,13H,3,7-8H2,1-2H3. The molecule has 1 N–H and O–H groups in total. The molecule has 1 heterocycles. The molecule has 0 unspecified atom stereocenters. The van der Waals surface area contributed by atoms with Gasteiger partial charge in [0.25, 0.3) is 10.0 Å². The molecule has 0 saturated carbocycles. The van der Waals surface area contributed by atoms with E-state index in [0.29, 0.717) is 6.54 Å². The van der Waals surface area contributed by atoms with Crippen LogP contribution >= 0.6 is 0 Å². The first-order valence-electron chi connectivity index (χ1n) is 5.26. The Morgan fingerprint density at radius 1 is 1.53 bits per heavy atom. The normalized spacial score (nSPS) is 12.0. The van der Waals surface area contributed by atoms with Crippen molar-refractivity contribution in [2.75, 3.05) is 26.7 Å². The zero-order chi connectivity index (χ0) is 12.9. The van der Waals surface area contributed by atoms with E-state index in [1.807, 2.05) is 18.9 Å². The topological polar surface area (TPSA) is 62.3 Å². The predicted octanol–water partition coefficient (Wildman–Crippen LogP) is 0.451. The van der Waals surface area contributed by atoms with Gasteiger partial charge in [0, 0.05) is 19.3 Å². The van der Waals surface area contributed by atoms with Crippen molar-refractivity contribution in [3.63, 3.8) is 0 Å². The third-order valence-corrected chi connectivity index (χ3v) is 3.70. The maximum atomic E-state index is 13.2. The molecule has 0 aliphatic carbocycles. The Morgan fingerprint density at radius 3 is 2.82 bits per heavy atom. The van der Waals surface area contributed by atoms with Gasteiger partial charge in [-0.1, -0.05) is 6.92 Å². The van der Waals surface area contributed by atoms with Crippen molar-refractivity contribution in [3.8, 4) is 0 Å². The first kappa shape index (κ1) is 14.0. The lowest BCUT2D eigenvalue weighted by Crippen LogP contribution is -2.33. The number of pyridine rings is 1. The molecule has 7 heteroatoms. The molecule has 0 radical (unpaired) electrons. The molecule has 0 fully saturated rings. The van der Waals surface area contributed by atoms with E-state index in [1.165, 1.54) is 12.3 Å². The van der Waals surface area contributed by atoms with E-state index in [9.17, 15) is 12.8 Å². The minimum absolute atomic E-state index is 0.225. The van der Waals surface area contributed by atoms with Crippen molar-refractivity contribution < 1.29 is 12.8 Å². The lowest BCUT2D eigenvalue weighted by Gasteiger charge is -2.13. The molecular formula is C10H16FN3O2S. The van der Waals surface area contributed by atoms with Crippen LogP contribution in [0.2, 0.25) is 0 Å². The third-order valence-electron chi connectivity index (χ3n) is 2.30. The van der Waals surface area contributed by atoms with Gasteiger partial charge in [-0.2, -0.15) is 0 Å². The van der Waals surface area contributed by atoms with E-state index in [2.05, 4.69) is 9.71 Å². The van der Waals surface area contributed by atoms with Crippen LogP contribution in [0.25, 0.3) is 0 Å². The van der Waals surface area contributed by atoms with Crippen LogP contribution in [-0.2, 0) is 10.0 Å². The van der Waals surface area contributed by atoms with Crippen molar-refractivity contribution in [1.82, 2.24) is 14.6 Å². The number of likely N-dealkylation sites (N-methyl/N-ethyl adjacent to an activating group) is 1. The van der Waals surface area contributed by atoms with Crippen LogP contribution in [0.1, 0.15) is 6.92 Å². The minimum atomic E-state index is -3.86. The Balaban J connectivity index is 2.67. The van der Waals surface area contributed by atoms with Crippen LogP contribution in [0.4, 0.5) is 4.39 Å². The van der Waals surface area contributed by atoms with Crippen LogP contribution < -0.4 is 4.72 Å². The molecule has 17 heavy (non-hydrogen) atoms. The molecule has 1 rings (SSSR count). The summed E-state index contributed by atoms with van der Waals surface area (Å²) >= 11 is 0. The Bertz CT molecular complexity index is 464. The number of halogens is 1. The van der Waals surface area contributed by atoms with Gasteiger partial charge in [0.1, 0.15) is 0 Å². The van der Waals surface area contributed by atoms with Crippen LogP contribution in [0.3, 0.4) is 0 Å². The Kier molecular flexibility index (Phi) is 4.98. The number of rotatable bonds is 6. The molecule has 0 atom stereocenters. The average molecular weight is 261 g/mol. The quantitative estimate of drug-likeness (QED) is 0.807. The summed E-state index contributed by atoms with van der Waals surface area (Å²) in [7, 11) is -1.99. The van der Waals surface area contributed by atoms with E-state index < -0.39 is 20.9 Å². The first-order chi connectivity index (χ1) is 7.97. The van der Waals surface area contributed by atoms with Crippen LogP contribution in [0.5, 0.6) is 0 Å². The van der Waals surface area contributed by atoms with Gasteiger partial charge < -0.3 is 4.90 Å². The maximum Gasteiger partial charge on any atom is 0.261 e. The molecule has 96 valence electrons. The van der Waals surface area contributed by atoms with Crippen molar-refractivity contribution in [1.29, 1.82) is 0 Å². The summed E-state index contributed by atoms with van der Waals surface area (Å²) in [6, 6.07) is 2.42. The number of hydrogen-bond acceptors (Lipinski definition) is 4. The molecule has 0 aromatic carbocycles. The summed E-state index contributed by atoms with van der Waals surface area (Å²) in [5, 5.41) is -0.556. The second kappa shape index (κ2) is 6.04. The lowest BCUT2D eigenvalue weighted by molar-refractivity contribution is 0.357. The predicted molar refractivity (Wildman–Crippen MR) is 62.6 cm³/mol. The van der Waals surface area contributed by atoms with E-state index in [-0.39, 0.29) is 6.54 Å². The van der Waals surface area contributed by atoms with Crippen LogP contribution in [-0.4, -0.2) is 45.0 Å². The molecule has 1 aromatic rings. The molecule has 0 saturated heterocycles. The van der Waals surface area contributed by atoms with Crippen molar-refractivity contribution in [2.24, 2.45) is 0 Å². The number of aromatic nitrogens is 1. The monoisotopic (exact) mass is 261 g/mol. The Hall–Kier alpha value is -1.05. The number of sulfonamides is 1. The Morgan fingerprint density at radius 2 is 2.24 bits per heavy atom. The molecular weight excluding hydrogens is 245 g/mol. The van der Waals surface area contributed by atoms with Gasteiger partial charge in [-0.25, -0.2) is 22.5 Å². The van der Waals surface area contributed by atoms with Gasteiger partial charge in [0.15, 0.2) is 5.82 Å². The van der Waals surface area contributed by atoms with Crippen LogP contribution in [0, 0.1) is 5.82 Å². The van der Waals surface area contributed by atoms with Gasteiger partial charge in [0.05, 0.1) is 0 Å². The number of hydrogen-bond donors (Lipinski definition) is 1. The third kappa shape index (κ3) is 4.03. The lowest BCUT2D eigenvalue weighted by atomic mass is 10.5. The summed E-state index contributed by atoms with van der Waals surface area (Å²) in [5.74, 6) is -0.844. The van der Waals surface area contributed by atoms with Crippen molar-refractivity contribution in [2.45, 2.75) is 11.9 Å². The van der Waals surface area contributed by atoms with E-state index in [0.717, 1.165) is 12.6 Å². The fraction of sp³-hybridized carbons (Fsp3) is 0.500. The average Bonchev–Trinajstić information content (AvgIpc) is 2.28. The zero-order valence-corrected chi connectivity index (χ0v) is 10.7. The van der Waals surface area contributed by atoms with Gasteiger partial charge in [0.2, 0.25) is 5.03 Å². The SMILES string of the molecule is CCN(C)CCNS(=O)(=O)c1ncccc1F. The number of nitrogens with zero attached hydrogens (tertiary/aromatic N) is 2. The first-order valence-corrected chi connectivity index (χ1v) is 6.74. The van der Waals surface area contributed by atoms with E-state index in [4.69, 9.17) is 0 Å². The van der Waals surface area contributed by atoms with Crippen molar-refractivity contribution >= 4 is 10.0 Å². The molecule has 1 aromatic heterocycles. The summed E-state index contributed by atoms with van der Waals surface area (Å²) < 4.78 is 38.9. The summed E-state index contributed by atoms with van der Waals surface area (Å²) in [6.07, 6.45) is 1.25. The highest BCUT2D eigenvalue weighted by atomic mass is 32.2. The highest BCUT2D eigenvalue weighted by molar-refractivity contribution is 7.89. The summed E-state index contributed by atoms with van der Waals surface area (Å²) in [6.45, 7) is 3.57. The second-order valence-electron chi connectivity index (χ2n) is 3.58. The fourth-order valence-corrected chi connectivity index (χ4v) is 2.19. The molecule has 0 spiro atoms. The number of nitrogens with one attached hydrogen (secondary N) is 1. The largest absolute Gasteiger partial charge is 0.305 e. The van der Waals surface area contributed by atoms with Gasteiger partial charge in [-0.3, -0.25) is 0 Å². The second-order valence-corrected chi connectivity index (χ2v) is 5.27.